The maximum atomic E-state index is 10.7. The van der Waals surface area contributed by atoms with Crippen molar-refractivity contribution in [2.45, 2.75) is 18.9 Å². The van der Waals surface area contributed by atoms with Gasteiger partial charge in [-0.05, 0) is 0 Å². The zero-order chi connectivity index (χ0) is 10.2. The first-order chi connectivity index (χ1) is 6.49. The number of rotatable bonds is 2. The molecule has 2 aliphatic heterocycles. The zero-order valence-electron chi connectivity index (χ0n) is 8.05. The molecule has 2 saturated heterocycles. The summed E-state index contributed by atoms with van der Waals surface area (Å²) in [5, 5.41) is 0. The molecule has 2 rings (SSSR count). The van der Waals surface area contributed by atoms with E-state index < -0.39 is 10.1 Å². The van der Waals surface area contributed by atoms with Crippen molar-refractivity contribution >= 4 is 10.1 Å². The van der Waals surface area contributed by atoms with Crippen LogP contribution in [0.15, 0.2) is 0 Å². The Bertz CT molecular complexity index is 307. The lowest BCUT2D eigenvalue weighted by molar-refractivity contribution is -0.914. The minimum Gasteiger partial charge on any atom is -0.321 e. The van der Waals surface area contributed by atoms with Crippen LogP contribution in [0, 0.1) is 0 Å². The molecule has 0 radical (unpaired) electrons. The fourth-order valence-electron chi connectivity index (χ4n) is 2.45. The minimum absolute atomic E-state index is 0.257. The molecule has 5 nitrogen and oxygen atoms in total. The number of quaternary nitrogens is 1. The van der Waals surface area contributed by atoms with Gasteiger partial charge >= 0.3 is 0 Å². The van der Waals surface area contributed by atoms with E-state index in [1.54, 1.807) is 0 Å². The summed E-state index contributed by atoms with van der Waals surface area (Å²) in [5.74, 6) is -0.257. The number of hydrogen-bond donors (Lipinski definition) is 1. The van der Waals surface area contributed by atoms with Crippen LogP contribution in [-0.4, -0.2) is 55.7 Å². The summed E-state index contributed by atoms with van der Waals surface area (Å²) in [5.41, 5.74) is 0. The molecule has 2 fully saturated rings. The second-order valence-corrected chi connectivity index (χ2v) is 5.84. The lowest BCUT2D eigenvalue weighted by Crippen LogP contribution is -2.44. The Morgan fingerprint density at radius 2 is 2.00 bits per heavy atom. The smallest absolute Gasteiger partial charge is 0.267 e. The van der Waals surface area contributed by atoms with Crippen LogP contribution >= 0.6 is 0 Å². The van der Waals surface area contributed by atoms with Crippen molar-refractivity contribution in [1.82, 2.24) is 0 Å². The van der Waals surface area contributed by atoms with Gasteiger partial charge in [0.25, 0.3) is 10.1 Å². The third-order valence-electron chi connectivity index (χ3n) is 3.09. The first-order valence-electron chi connectivity index (χ1n) is 4.91. The van der Waals surface area contributed by atoms with Crippen molar-refractivity contribution in [3.63, 3.8) is 0 Å². The van der Waals surface area contributed by atoms with E-state index in [4.69, 9.17) is 9.29 Å². The first-order valence-corrected chi connectivity index (χ1v) is 6.52. The van der Waals surface area contributed by atoms with Crippen LogP contribution in [-0.2, 0) is 14.9 Å². The molecule has 1 atom stereocenters. The Labute approximate surface area is 84.0 Å². The highest BCUT2D eigenvalue weighted by Crippen LogP contribution is 2.26. The topological polar surface area (TPSA) is 63.6 Å². The SMILES string of the molecule is O=S(=O)(O)CC1C[N+]2(CCCC2)CO1. The van der Waals surface area contributed by atoms with Crippen LogP contribution < -0.4 is 0 Å². The monoisotopic (exact) mass is 222 g/mol. The summed E-state index contributed by atoms with van der Waals surface area (Å²) in [7, 11) is -3.89. The van der Waals surface area contributed by atoms with Crippen LogP contribution in [0.4, 0.5) is 0 Å². The normalized spacial score (nSPS) is 31.4. The molecule has 0 saturated carbocycles. The Kier molecular flexibility index (Phi) is 2.55. The van der Waals surface area contributed by atoms with Gasteiger partial charge in [0.05, 0.1) is 13.1 Å². The van der Waals surface area contributed by atoms with Gasteiger partial charge in [0, 0.05) is 12.8 Å². The first kappa shape index (κ1) is 10.4. The van der Waals surface area contributed by atoms with E-state index in [-0.39, 0.29) is 11.9 Å². The molecule has 6 heteroatoms. The van der Waals surface area contributed by atoms with Gasteiger partial charge in [-0.3, -0.25) is 9.04 Å². The number of hydrogen-bond acceptors (Lipinski definition) is 3. The molecule has 14 heavy (non-hydrogen) atoms. The molecule has 2 heterocycles. The molecule has 82 valence electrons. The molecule has 1 spiro atoms. The second-order valence-electron chi connectivity index (χ2n) is 4.34. The van der Waals surface area contributed by atoms with Crippen molar-refractivity contribution < 1.29 is 22.2 Å². The van der Waals surface area contributed by atoms with E-state index in [2.05, 4.69) is 0 Å². The standard InChI is InChI=1S/C8H15NO4S/c10-14(11,12)6-8-5-9(7-13-8)3-1-2-4-9/h8H,1-7H2/p+1. The van der Waals surface area contributed by atoms with Gasteiger partial charge in [-0.1, -0.05) is 0 Å². The van der Waals surface area contributed by atoms with E-state index in [0.717, 1.165) is 24.1 Å². The molecule has 0 aromatic heterocycles. The maximum Gasteiger partial charge on any atom is 0.267 e. The Morgan fingerprint density at radius 3 is 2.57 bits per heavy atom. The molecule has 0 amide bonds. The summed E-state index contributed by atoms with van der Waals surface area (Å²) in [6, 6.07) is 0. The van der Waals surface area contributed by atoms with Crippen molar-refractivity contribution in [3.05, 3.63) is 0 Å². The number of ether oxygens (including phenoxy) is 1. The summed E-state index contributed by atoms with van der Waals surface area (Å²) in [6.07, 6.45) is 2.08. The van der Waals surface area contributed by atoms with Crippen molar-refractivity contribution in [2.24, 2.45) is 0 Å². The van der Waals surface area contributed by atoms with Gasteiger partial charge < -0.3 is 4.74 Å². The Morgan fingerprint density at radius 1 is 1.36 bits per heavy atom. The maximum absolute atomic E-state index is 10.7. The molecule has 0 aliphatic carbocycles. The van der Waals surface area contributed by atoms with Gasteiger partial charge in [0.2, 0.25) is 0 Å². The molecule has 1 N–H and O–H groups in total. The van der Waals surface area contributed by atoms with Gasteiger partial charge in [0.1, 0.15) is 18.4 Å². The molecule has 0 aromatic rings. The zero-order valence-corrected chi connectivity index (χ0v) is 8.87. The lowest BCUT2D eigenvalue weighted by atomic mass is 10.3. The van der Waals surface area contributed by atoms with E-state index in [1.165, 1.54) is 12.8 Å². The quantitative estimate of drug-likeness (QED) is 0.521. The van der Waals surface area contributed by atoms with Crippen molar-refractivity contribution in [2.75, 3.05) is 32.1 Å². The van der Waals surface area contributed by atoms with E-state index in [0.29, 0.717) is 6.73 Å². The van der Waals surface area contributed by atoms with Gasteiger partial charge in [-0.15, -0.1) is 0 Å². The Balaban J connectivity index is 1.94. The summed E-state index contributed by atoms with van der Waals surface area (Å²) >= 11 is 0. The third kappa shape index (κ3) is 2.25. The summed E-state index contributed by atoms with van der Waals surface area (Å²) < 4.78 is 36.3. The fourth-order valence-corrected chi connectivity index (χ4v) is 3.13. The lowest BCUT2D eigenvalue weighted by Gasteiger charge is -2.26. The predicted octanol–water partition coefficient (Wildman–Crippen LogP) is -0.159. The average molecular weight is 222 g/mol. The predicted molar refractivity (Wildman–Crippen MR) is 50.3 cm³/mol. The van der Waals surface area contributed by atoms with E-state index >= 15 is 0 Å². The third-order valence-corrected chi connectivity index (χ3v) is 3.88. The van der Waals surface area contributed by atoms with Gasteiger partial charge in [0.15, 0.2) is 6.73 Å². The largest absolute Gasteiger partial charge is 0.321 e. The highest BCUT2D eigenvalue weighted by atomic mass is 32.2. The van der Waals surface area contributed by atoms with E-state index in [9.17, 15) is 8.42 Å². The van der Waals surface area contributed by atoms with E-state index in [1.807, 2.05) is 0 Å². The van der Waals surface area contributed by atoms with Crippen LogP contribution in [0.5, 0.6) is 0 Å². The van der Waals surface area contributed by atoms with Gasteiger partial charge in [-0.2, -0.15) is 8.42 Å². The molecule has 1 unspecified atom stereocenters. The van der Waals surface area contributed by atoms with Gasteiger partial charge in [-0.25, -0.2) is 0 Å². The summed E-state index contributed by atoms with van der Waals surface area (Å²) in [4.78, 5) is 0. The van der Waals surface area contributed by atoms with Crippen LogP contribution in [0.3, 0.4) is 0 Å². The fraction of sp³-hybridized carbons (Fsp3) is 1.00. The molecular weight excluding hydrogens is 206 g/mol. The highest BCUT2D eigenvalue weighted by Gasteiger charge is 2.42. The average Bonchev–Trinajstić information content (AvgIpc) is 2.60. The van der Waals surface area contributed by atoms with Crippen LogP contribution in [0.25, 0.3) is 0 Å². The summed E-state index contributed by atoms with van der Waals surface area (Å²) in [6.45, 7) is 3.52. The Hall–Kier alpha value is -0.170. The second kappa shape index (κ2) is 3.44. The van der Waals surface area contributed by atoms with Crippen molar-refractivity contribution in [3.8, 4) is 0 Å². The molecule has 0 bridgehead atoms. The number of nitrogens with zero attached hydrogens (tertiary/aromatic N) is 1. The van der Waals surface area contributed by atoms with Crippen LogP contribution in [0.2, 0.25) is 0 Å². The van der Waals surface area contributed by atoms with Crippen LogP contribution in [0.1, 0.15) is 12.8 Å². The van der Waals surface area contributed by atoms with Crippen molar-refractivity contribution in [1.29, 1.82) is 0 Å². The minimum atomic E-state index is -3.89. The molecule has 0 aromatic carbocycles. The highest BCUT2D eigenvalue weighted by molar-refractivity contribution is 7.85. The molecule has 2 aliphatic rings. The molecular formula is C8H16NO4S+.